The second-order valence-electron chi connectivity index (χ2n) is 5.75. The number of fused-ring (bicyclic) bond motifs is 1. The number of β-amino-alcohol motifs (C(OH)–C–C–N with tert-alkyl or cyclic N) is 1. The van der Waals surface area contributed by atoms with Crippen LogP contribution in [0.1, 0.15) is 0 Å². The van der Waals surface area contributed by atoms with E-state index in [1.54, 1.807) is 12.3 Å². The zero-order valence-electron chi connectivity index (χ0n) is 14.0. The quantitative estimate of drug-likeness (QED) is 0.568. The van der Waals surface area contributed by atoms with Gasteiger partial charge in [-0.05, 0) is 0 Å². The summed E-state index contributed by atoms with van der Waals surface area (Å²) in [6.45, 7) is 3.59. The second kappa shape index (κ2) is 8.10. The standard InChI is InChI=1S/C15H22N6O4/c1-24-14-11-8-16-13(6-12(11)19-20-14)18-15(23)17-7-10(22)9-21-2-4-25-5-3-21/h6,8,10,22H,2-5,7,9H2,1H3,(H,19,20)(H2,16,17,18,23)/t10-/m1/s1. The number of aliphatic hydroxyl groups is 1. The van der Waals surface area contributed by atoms with E-state index >= 15 is 0 Å². The number of methoxy groups -OCH3 is 1. The van der Waals surface area contributed by atoms with Crippen LogP contribution in [0.5, 0.6) is 5.88 Å². The third-order valence-electron chi connectivity index (χ3n) is 3.92. The molecule has 2 amide bonds. The topological polar surface area (TPSA) is 125 Å². The van der Waals surface area contributed by atoms with Crippen LogP contribution in [0.15, 0.2) is 12.3 Å². The number of morpholine rings is 1. The molecule has 1 saturated heterocycles. The smallest absolute Gasteiger partial charge is 0.320 e. The molecule has 0 bridgehead atoms. The molecule has 3 rings (SSSR count). The van der Waals surface area contributed by atoms with E-state index in [-0.39, 0.29) is 6.54 Å². The number of anilines is 1. The maximum atomic E-state index is 11.9. The molecule has 0 saturated carbocycles. The van der Waals surface area contributed by atoms with Gasteiger partial charge >= 0.3 is 6.03 Å². The number of aromatic nitrogens is 3. The van der Waals surface area contributed by atoms with Crippen LogP contribution in [-0.4, -0.2) is 83.8 Å². The van der Waals surface area contributed by atoms with E-state index in [1.807, 2.05) is 0 Å². The van der Waals surface area contributed by atoms with E-state index in [0.717, 1.165) is 18.5 Å². The summed E-state index contributed by atoms with van der Waals surface area (Å²) in [6, 6.07) is 1.23. The number of rotatable bonds is 6. The van der Waals surface area contributed by atoms with Crippen molar-refractivity contribution in [2.45, 2.75) is 6.10 Å². The molecule has 2 aromatic heterocycles. The van der Waals surface area contributed by atoms with Gasteiger partial charge in [0.25, 0.3) is 0 Å². The summed E-state index contributed by atoms with van der Waals surface area (Å²) in [5.74, 6) is 0.823. The molecule has 0 radical (unpaired) electrons. The minimum atomic E-state index is -0.642. The number of nitrogens with zero attached hydrogens (tertiary/aromatic N) is 3. The Morgan fingerprint density at radius 2 is 2.32 bits per heavy atom. The molecule has 1 fully saturated rings. The van der Waals surface area contributed by atoms with E-state index in [4.69, 9.17) is 9.47 Å². The zero-order valence-corrected chi connectivity index (χ0v) is 14.0. The lowest BCUT2D eigenvalue weighted by atomic mass is 10.3. The van der Waals surface area contributed by atoms with Crippen molar-refractivity contribution in [1.82, 2.24) is 25.4 Å². The Morgan fingerprint density at radius 1 is 1.52 bits per heavy atom. The molecule has 10 heteroatoms. The van der Waals surface area contributed by atoms with Gasteiger partial charge in [0.05, 0.1) is 37.3 Å². The molecule has 1 atom stereocenters. The Bertz CT molecular complexity index is 715. The molecular weight excluding hydrogens is 328 g/mol. The molecule has 0 spiro atoms. The maximum Gasteiger partial charge on any atom is 0.320 e. The highest BCUT2D eigenvalue weighted by molar-refractivity contribution is 5.91. The fourth-order valence-electron chi connectivity index (χ4n) is 2.63. The van der Waals surface area contributed by atoms with Gasteiger partial charge in [-0.2, -0.15) is 0 Å². The van der Waals surface area contributed by atoms with Crippen molar-refractivity contribution >= 4 is 22.8 Å². The molecule has 4 N–H and O–H groups in total. The van der Waals surface area contributed by atoms with Crippen molar-refractivity contribution in [3.63, 3.8) is 0 Å². The van der Waals surface area contributed by atoms with Gasteiger partial charge in [-0.15, -0.1) is 5.10 Å². The number of nitrogens with one attached hydrogen (secondary N) is 3. The van der Waals surface area contributed by atoms with Gasteiger partial charge < -0.3 is 19.9 Å². The first kappa shape index (κ1) is 17.4. The molecule has 0 aromatic carbocycles. The van der Waals surface area contributed by atoms with E-state index in [2.05, 4.69) is 30.7 Å². The molecule has 0 aliphatic carbocycles. The lowest BCUT2D eigenvalue weighted by Crippen LogP contribution is -2.45. The third-order valence-corrected chi connectivity index (χ3v) is 3.92. The Hall–Kier alpha value is -2.43. The summed E-state index contributed by atoms with van der Waals surface area (Å²) in [4.78, 5) is 18.2. The van der Waals surface area contributed by atoms with Gasteiger partial charge in [0.1, 0.15) is 5.82 Å². The minimum absolute atomic E-state index is 0.156. The number of carbonyl (C=O) groups excluding carboxylic acids is 1. The first-order valence-corrected chi connectivity index (χ1v) is 8.07. The number of urea groups is 1. The highest BCUT2D eigenvalue weighted by Gasteiger charge is 2.16. The number of amides is 2. The molecule has 136 valence electrons. The highest BCUT2D eigenvalue weighted by atomic mass is 16.5. The van der Waals surface area contributed by atoms with Crippen LogP contribution < -0.4 is 15.4 Å². The Morgan fingerprint density at radius 3 is 3.08 bits per heavy atom. The van der Waals surface area contributed by atoms with Crippen molar-refractivity contribution in [1.29, 1.82) is 0 Å². The van der Waals surface area contributed by atoms with E-state index in [0.29, 0.717) is 37.0 Å². The van der Waals surface area contributed by atoms with Crippen LogP contribution >= 0.6 is 0 Å². The van der Waals surface area contributed by atoms with Gasteiger partial charge in [0, 0.05) is 38.4 Å². The molecule has 2 aromatic rings. The average Bonchev–Trinajstić information content (AvgIpc) is 3.03. The van der Waals surface area contributed by atoms with Gasteiger partial charge in [-0.3, -0.25) is 15.3 Å². The van der Waals surface area contributed by atoms with Crippen molar-refractivity contribution in [2.24, 2.45) is 0 Å². The normalized spacial score (nSPS) is 16.6. The summed E-state index contributed by atoms with van der Waals surface area (Å²) in [5, 5.41) is 22.8. The Labute approximate surface area is 144 Å². The number of aromatic amines is 1. The SMILES string of the molecule is COc1n[nH]c2cc(NC(=O)NC[C@@H](O)CN3CCOCC3)ncc12. The molecule has 10 nitrogen and oxygen atoms in total. The van der Waals surface area contributed by atoms with E-state index in [1.165, 1.54) is 7.11 Å². The number of aliphatic hydroxyl groups excluding tert-OH is 1. The van der Waals surface area contributed by atoms with Crippen molar-refractivity contribution in [3.8, 4) is 5.88 Å². The fraction of sp³-hybridized carbons (Fsp3) is 0.533. The number of carbonyl (C=O) groups is 1. The predicted molar refractivity (Wildman–Crippen MR) is 90.7 cm³/mol. The molecule has 3 heterocycles. The Kier molecular flexibility index (Phi) is 5.64. The fourth-order valence-corrected chi connectivity index (χ4v) is 2.63. The Balaban J connectivity index is 1.47. The third kappa shape index (κ3) is 4.56. The van der Waals surface area contributed by atoms with Gasteiger partial charge in [0.2, 0.25) is 5.88 Å². The first-order valence-electron chi connectivity index (χ1n) is 8.07. The minimum Gasteiger partial charge on any atom is -0.479 e. The molecule has 0 unspecified atom stereocenters. The molecule has 1 aliphatic rings. The lowest BCUT2D eigenvalue weighted by molar-refractivity contribution is 0.0154. The number of ether oxygens (including phenoxy) is 2. The first-order chi connectivity index (χ1) is 12.2. The maximum absolute atomic E-state index is 11.9. The second-order valence-corrected chi connectivity index (χ2v) is 5.75. The number of H-pyrrole nitrogens is 1. The predicted octanol–water partition coefficient (Wildman–Crippen LogP) is -0.219. The number of hydrogen-bond acceptors (Lipinski definition) is 7. The lowest BCUT2D eigenvalue weighted by Gasteiger charge is -2.28. The summed E-state index contributed by atoms with van der Waals surface area (Å²) < 4.78 is 10.4. The molecule has 25 heavy (non-hydrogen) atoms. The van der Waals surface area contributed by atoms with Crippen LogP contribution in [0, 0.1) is 0 Å². The summed E-state index contributed by atoms with van der Waals surface area (Å²) >= 11 is 0. The summed E-state index contributed by atoms with van der Waals surface area (Å²) in [5.41, 5.74) is 0.703. The van der Waals surface area contributed by atoms with Crippen molar-refractivity contribution < 1.29 is 19.4 Å². The van der Waals surface area contributed by atoms with Gasteiger partial charge in [-0.1, -0.05) is 0 Å². The molecular formula is C15H22N6O4. The summed E-state index contributed by atoms with van der Waals surface area (Å²) in [6.07, 6.45) is 0.928. The number of hydrogen-bond donors (Lipinski definition) is 4. The van der Waals surface area contributed by atoms with Crippen LogP contribution in [0.4, 0.5) is 10.6 Å². The largest absolute Gasteiger partial charge is 0.479 e. The van der Waals surface area contributed by atoms with Crippen molar-refractivity contribution in [3.05, 3.63) is 12.3 Å². The van der Waals surface area contributed by atoms with Gasteiger partial charge in [0.15, 0.2) is 0 Å². The van der Waals surface area contributed by atoms with E-state index < -0.39 is 12.1 Å². The van der Waals surface area contributed by atoms with Crippen LogP contribution in [-0.2, 0) is 4.74 Å². The average molecular weight is 350 g/mol. The van der Waals surface area contributed by atoms with Crippen molar-refractivity contribution in [2.75, 3.05) is 51.8 Å². The highest BCUT2D eigenvalue weighted by Crippen LogP contribution is 2.22. The molecule has 1 aliphatic heterocycles. The number of pyridine rings is 1. The zero-order chi connectivity index (χ0) is 17.6. The monoisotopic (exact) mass is 350 g/mol. The summed E-state index contributed by atoms with van der Waals surface area (Å²) in [7, 11) is 1.53. The van der Waals surface area contributed by atoms with E-state index in [9.17, 15) is 9.90 Å². The van der Waals surface area contributed by atoms with Gasteiger partial charge in [-0.25, -0.2) is 9.78 Å². The van der Waals surface area contributed by atoms with Crippen LogP contribution in [0.3, 0.4) is 0 Å². The van der Waals surface area contributed by atoms with Crippen LogP contribution in [0.25, 0.3) is 10.9 Å². The van der Waals surface area contributed by atoms with Crippen LogP contribution in [0.2, 0.25) is 0 Å².